The van der Waals surface area contributed by atoms with Crippen LogP contribution in [0.3, 0.4) is 0 Å². The Morgan fingerprint density at radius 1 is 0.500 bits per heavy atom. The second-order valence-electron chi connectivity index (χ2n) is 8.65. The van der Waals surface area contributed by atoms with Crippen molar-refractivity contribution in [2.75, 3.05) is 0 Å². The van der Waals surface area contributed by atoms with Crippen molar-refractivity contribution in [2.45, 2.75) is 0 Å². The van der Waals surface area contributed by atoms with Crippen LogP contribution in [0.4, 0.5) is 22.7 Å². The van der Waals surface area contributed by atoms with E-state index >= 15 is 0 Å². The summed E-state index contributed by atoms with van der Waals surface area (Å²) in [5, 5.41) is 44.9. The molecular formula is C26H16Cl2N8O8. The number of benzene rings is 2. The zero-order valence-electron chi connectivity index (χ0n) is 21.8. The first kappa shape index (κ1) is 32.5. The molecule has 44 heavy (non-hydrogen) atoms. The highest BCUT2D eigenvalue weighted by Crippen LogP contribution is 2.27. The van der Waals surface area contributed by atoms with E-state index in [2.05, 4.69) is 9.97 Å². The third-order valence-corrected chi connectivity index (χ3v) is 6.19. The smallest absolute Gasteiger partial charge is 0.347 e. The van der Waals surface area contributed by atoms with Crippen molar-refractivity contribution in [1.29, 1.82) is 0 Å². The molecule has 5 aromatic rings. The van der Waals surface area contributed by atoms with Crippen molar-refractivity contribution in [3.05, 3.63) is 138 Å². The van der Waals surface area contributed by atoms with Crippen LogP contribution in [-0.4, -0.2) is 29.7 Å². The van der Waals surface area contributed by atoms with E-state index in [1.165, 1.54) is 45.8 Å². The molecule has 0 N–H and O–H groups in total. The molecule has 3 heterocycles. The first-order chi connectivity index (χ1) is 20.1. The summed E-state index contributed by atoms with van der Waals surface area (Å²) in [6.07, 6.45) is 9.31. The second kappa shape index (κ2) is 13.3. The Hall–Kier alpha value is -6.00. The molecule has 0 unspecified atom stereocenters. The lowest BCUT2D eigenvalue weighted by Gasteiger charge is -2.04. The number of halogens is 2. The van der Waals surface area contributed by atoms with Crippen LogP contribution in [0.25, 0.3) is 33.9 Å². The van der Waals surface area contributed by atoms with Crippen molar-refractivity contribution >= 4 is 22.7 Å². The van der Waals surface area contributed by atoms with Gasteiger partial charge in [0.05, 0.1) is 43.5 Å². The largest absolute Gasteiger partial charge is 1.00 e. The fourth-order valence-electron chi connectivity index (χ4n) is 4.12. The number of hydrogen-bond donors (Lipinski definition) is 0. The number of nitrogens with zero attached hydrogens (tertiary/aromatic N) is 8. The quantitative estimate of drug-likeness (QED) is 0.104. The normalized spacial score (nSPS) is 10.2. The molecule has 0 atom stereocenters. The maximum absolute atomic E-state index is 11.5. The van der Waals surface area contributed by atoms with Crippen LogP contribution in [0.5, 0.6) is 0 Å². The molecule has 16 nitrogen and oxygen atoms in total. The Kier molecular flexibility index (Phi) is 9.84. The van der Waals surface area contributed by atoms with Crippen LogP contribution in [0.1, 0.15) is 0 Å². The summed E-state index contributed by atoms with van der Waals surface area (Å²) < 4.78 is 2.92. The molecule has 0 saturated carbocycles. The lowest BCUT2D eigenvalue weighted by Crippen LogP contribution is -3.00. The van der Waals surface area contributed by atoms with Gasteiger partial charge in [0.25, 0.3) is 22.7 Å². The SMILES string of the molecule is O=[N+]([O-])c1ccc(-[n+]2ccc(-c3cnc(-c4cc[n+](-c5ccc([N+](=O)[O-])cc5[N+](=O)[O-])cc4)cn3)cc2)c([N+](=O)[O-])c1.[Cl-].[Cl-]. The summed E-state index contributed by atoms with van der Waals surface area (Å²) in [4.78, 5) is 51.0. The van der Waals surface area contributed by atoms with Crippen molar-refractivity contribution in [3.8, 4) is 33.9 Å². The maximum Gasteiger partial charge on any atom is 0.347 e. The van der Waals surface area contributed by atoms with Crippen LogP contribution in [-0.2, 0) is 0 Å². The number of non-ortho nitro benzene ring substituents is 2. The third-order valence-electron chi connectivity index (χ3n) is 6.19. The van der Waals surface area contributed by atoms with Crippen molar-refractivity contribution in [1.82, 2.24) is 9.97 Å². The van der Waals surface area contributed by atoms with E-state index in [9.17, 15) is 40.5 Å². The predicted molar refractivity (Wildman–Crippen MR) is 143 cm³/mol. The molecule has 0 aliphatic carbocycles. The van der Waals surface area contributed by atoms with Crippen molar-refractivity contribution < 1.29 is 53.6 Å². The summed E-state index contributed by atoms with van der Waals surface area (Å²) in [5.41, 5.74) is 1.03. The Morgan fingerprint density at radius 3 is 1.11 bits per heavy atom. The van der Waals surface area contributed by atoms with Gasteiger partial charge in [-0.3, -0.25) is 50.4 Å². The number of hydrogen-bond acceptors (Lipinski definition) is 10. The molecule has 0 aliphatic rings. The lowest BCUT2D eigenvalue weighted by atomic mass is 10.1. The number of aromatic nitrogens is 4. The number of rotatable bonds is 8. The molecule has 5 rings (SSSR count). The van der Waals surface area contributed by atoms with Crippen LogP contribution >= 0.6 is 0 Å². The molecular weight excluding hydrogens is 623 g/mol. The minimum Gasteiger partial charge on any atom is -1.00 e. The van der Waals surface area contributed by atoms with Gasteiger partial charge in [-0.05, 0) is 0 Å². The number of nitro benzene ring substituents is 4. The number of nitro groups is 4. The molecule has 0 aliphatic heterocycles. The van der Waals surface area contributed by atoms with E-state index < -0.39 is 31.1 Å². The summed E-state index contributed by atoms with van der Waals surface area (Å²) >= 11 is 0. The van der Waals surface area contributed by atoms with Crippen molar-refractivity contribution in [3.63, 3.8) is 0 Å². The van der Waals surface area contributed by atoms with Gasteiger partial charge in [-0.2, -0.15) is 9.13 Å². The predicted octanol–water partition coefficient (Wildman–Crippen LogP) is -2.00. The third kappa shape index (κ3) is 6.56. The molecule has 222 valence electrons. The summed E-state index contributed by atoms with van der Waals surface area (Å²) in [6, 6.07) is 13.4. The topological polar surface area (TPSA) is 206 Å². The Morgan fingerprint density at radius 2 is 0.841 bits per heavy atom. The molecule has 0 amide bonds. The van der Waals surface area contributed by atoms with E-state index in [0.717, 1.165) is 12.1 Å². The average Bonchev–Trinajstić information content (AvgIpc) is 3.00. The van der Waals surface area contributed by atoms with Gasteiger partial charge >= 0.3 is 11.4 Å². The lowest BCUT2D eigenvalue weighted by molar-refractivity contribution is -0.601. The maximum atomic E-state index is 11.5. The first-order valence-electron chi connectivity index (χ1n) is 11.8. The van der Waals surface area contributed by atoms with E-state index in [-0.39, 0.29) is 47.6 Å². The molecule has 0 fully saturated rings. The highest BCUT2D eigenvalue weighted by Gasteiger charge is 2.27. The van der Waals surface area contributed by atoms with Gasteiger partial charge < -0.3 is 24.8 Å². The molecule has 18 heteroatoms. The van der Waals surface area contributed by atoms with E-state index in [0.29, 0.717) is 22.5 Å². The van der Waals surface area contributed by atoms with E-state index in [4.69, 9.17) is 0 Å². The van der Waals surface area contributed by atoms with Gasteiger partial charge in [-0.25, -0.2) is 0 Å². The minimum atomic E-state index is -0.703. The van der Waals surface area contributed by atoms with Gasteiger partial charge in [0, 0.05) is 59.7 Å². The van der Waals surface area contributed by atoms with E-state index in [1.54, 1.807) is 49.1 Å². The number of pyridine rings is 2. The summed E-state index contributed by atoms with van der Waals surface area (Å²) in [5.74, 6) is 0. The summed E-state index contributed by atoms with van der Waals surface area (Å²) in [7, 11) is 0. The van der Waals surface area contributed by atoms with Crippen LogP contribution in [0.15, 0.2) is 97.8 Å². The fourth-order valence-corrected chi connectivity index (χ4v) is 4.12. The molecule has 0 radical (unpaired) electrons. The average molecular weight is 639 g/mol. The molecule has 0 bridgehead atoms. The van der Waals surface area contributed by atoms with Gasteiger partial charge in [-0.15, -0.1) is 0 Å². The summed E-state index contributed by atoms with van der Waals surface area (Å²) in [6.45, 7) is 0. The molecule has 3 aromatic heterocycles. The first-order valence-corrected chi connectivity index (χ1v) is 11.8. The monoisotopic (exact) mass is 638 g/mol. The highest BCUT2D eigenvalue weighted by atomic mass is 35.5. The zero-order valence-corrected chi connectivity index (χ0v) is 23.3. The fraction of sp³-hybridized carbons (Fsp3) is 0. The zero-order chi connectivity index (χ0) is 30.0. The standard InChI is InChI=1S/C26H16N8O8.2ClH/c35-31(36)19-1-3-23(25(13-19)33(39)40)29-9-5-17(6-10-29)21-15-28-22(16-27-21)18-7-11-30(12-8-18)24-4-2-20(32(37)38)14-26(24)34(41)42;;/h1-16H;2*1H/q+2;;/p-2. The Bertz CT molecular complexity index is 1750. The van der Waals surface area contributed by atoms with E-state index in [1.807, 2.05) is 0 Å². The van der Waals surface area contributed by atoms with Crippen molar-refractivity contribution in [2.24, 2.45) is 0 Å². The molecule has 2 aromatic carbocycles. The van der Waals surface area contributed by atoms with Crippen LogP contribution in [0, 0.1) is 40.5 Å². The highest BCUT2D eigenvalue weighted by molar-refractivity contribution is 5.62. The molecule has 0 spiro atoms. The Labute approximate surface area is 258 Å². The minimum absolute atomic E-state index is 0. The van der Waals surface area contributed by atoms with Gasteiger partial charge in [-0.1, -0.05) is 0 Å². The second-order valence-corrected chi connectivity index (χ2v) is 8.65. The van der Waals surface area contributed by atoms with Gasteiger partial charge in [0.1, 0.15) is 12.1 Å². The Balaban J connectivity index is 0.00000264. The molecule has 0 saturated heterocycles. The van der Waals surface area contributed by atoms with Crippen LogP contribution in [0.2, 0.25) is 0 Å². The van der Waals surface area contributed by atoms with Gasteiger partial charge in [0.2, 0.25) is 0 Å². The van der Waals surface area contributed by atoms with Crippen LogP contribution < -0.4 is 33.9 Å². The van der Waals surface area contributed by atoms with Gasteiger partial charge in [0.15, 0.2) is 24.8 Å².